The first-order valence-electron chi connectivity index (χ1n) is 7.51. The summed E-state index contributed by atoms with van der Waals surface area (Å²) >= 11 is 0. The van der Waals surface area contributed by atoms with Crippen LogP contribution >= 0.6 is 0 Å². The summed E-state index contributed by atoms with van der Waals surface area (Å²) in [6.45, 7) is 3.04. The van der Waals surface area contributed by atoms with Gasteiger partial charge in [-0.15, -0.1) is 0 Å². The highest BCUT2D eigenvalue weighted by Crippen LogP contribution is 2.15. The Morgan fingerprint density at radius 1 is 1.39 bits per heavy atom. The van der Waals surface area contributed by atoms with Crippen LogP contribution in [0.1, 0.15) is 22.6 Å². The first kappa shape index (κ1) is 17.6. The Balaban J connectivity index is 2.02. The van der Waals surface area contributed by atoms with E-state index in [4.69, 9.17) is 0 Å². The summed E-state index contributed by atoms with van der Waals surface area (Å²) in [6, 6.07) is 1.41. The van der Waals surface area contributed by atoms with E-state index < -0.39 is 9.84 Å². The van der Waals surface area contributed by atoms with Gasteiger partial charge in [-0.2, -0.15) is 0 Å². The van der Waals surface area contributed by atoms with Crippen molar-refractivity contribution in [3.63, 3.8) is 0 Å². The summed E-state index contributed by atoms with van der Waals surface area (Å²) in [5.41, 5.74) is 0.931. The normalized spacial score (nSPS) is 19.7. The molecule has 1 aliphatic heterocycles. The predicted molar refractivity (Wildman–Crippen MR) is 88.3 cm³/mol. The second-order valence-electron chi connectivity index (χ2n) is 6.02. The first-order chi connectivity index (χ1) is 10.7. The lowest BCUT2D eigenvalue weighted by molar-refractivity contribution is 0.0946. The highest BCUT2D eigenvalue weighted by atomic mass is 32.2. The van der Waals surface area contributed by atoms with Gasteiger partial charge in [0.1, 0.15) is 5.69 Å². The predicted octanol–water partition coefficient (Wildman–Crippen LogP) is -0.325. The molecule has 23 heavy (non-hydrogen) atoms. The van der Waals surface area contributed by atoms with Crippen LogP contribution in [0, 0.1) is 6.92 Å². The van der Waals surface area contributed by atoms with E-state index in [1.165, 1.54) is 0 Å². The molecule has 1 aromatic heterocycles. The fourth-order valence-corrected chi connectivity index (χ4v) is 4.00. The molecule has 2 heterocycles. The number of likely N-dealkylation sites (N-methyl/N-ethyl adjacent to an activating group) is 1. The van der Waals surface area contributed by atoms with Gasteiger partial charge >= 0.3 is 0 Å². The Morgan fingerprint density at radius 3 is 2.74 bits per heavy atom. The monoisotopic (exact) mass is 341 g/mol. The molecule has 1 saturated heterocycles. The van der Waals surface area contributed by atoms with Gasteiger partial charge < -0.3 is 15.5 Å². The van der Waals surface area contributed by atoms with E-state index in [1.807, 2.05) is 19.0 Å². The molecule has 1 aromatic rings. The fraction of sp³-hybridized carbons (Fsp3) is 0.643. The van der Waals surface area contributed by atoms with Crippen molar-refractivity contribution in [2.45, 2.75) is 19.4 Å². The number of anilines is 1. The van der Waals surface area contributed by atoms with Crippen LogP contribution in [0.2, 0.25) is 0 Å². The zero-order valence-corrected chi connectivity index (χ0v) is 14.5. The lowest BCUT2D eigenvalue weighted by atomic mass is 10.2. The van der Waals surface area contributed by atoms with E-state index in [2.05, 4.69) is 20.6 Å². The van der Waals surface area contributed by atoms with Crippen molar-refractivity contribution < 1.29 is 13.2 Å². The van der Waals surface area contributed by atoms with Crippen molar-refractivity contribution in [3.05, 3.63) is 17.5 Å². The number of hydrogen-bond donors (Lipinski definition) is 2. The Bertz CT molecular complexity index is 675. The zero-order chi connectivity index (χ0) is 17.0. The fourth-order valence-electron chi connectivity index (χ4n) is 2.32. The Hall–Kier alpha value is -1.74. The highest BCUT2D eigenvalue weighted by Gasteiger charge is 2.28. The number of nitrogens with one attached hydrogen (secondary N) is 2. The average Bonchev–Trinajstić information content (AvgIpc) is 2.76. The number of rotatable bonds is 6. The van der Waals surface area contributed by atoms with Crippen LogP contribution < -0.4 is 10.6 Å². The van der Waals surface area contributed by atoms with Crippen LogP contribution in [0.5, 0.6) is 0 Å². The van der Waals surface area contributed by atoms with E-state index in [1.54, 1.807) is 13.0 Å². The second kappa shape index (κ2) is 7.22. The summed E-state index contributed by atoms with van der Waals surface area (Å²) in [5, 5.41) is 5.81. The smallest absolute Gasteiger partial charge is 0.270 e. The largest absolute Gasteiger partial charge is 0.350 e. The van der Waals surface area contributed by atoms with Crippen molar-refractivity contribution in [2.24, 2.45) is 0 Å². The van der Waals surface area contributed by atoms with Crippen molar-refractivity contribution in [1.29, 1.82) is 0 Å². The summed E-state index contributed by atoms with van der Waals surface area (Å²) in [6.07, 6.45) is 0.532. The maximum atomic E-state index is 12.1. The van der Waals surface area contributed by atoms with Crippen molar-refractivity contribution in [1.82, 2.24) is 20.2 Å². The lowest BCUT2D eigenvalue weighted by Crippen LogP contribution is -2.32. The van der Waals surface area contributed by atoms with Gasteiger partial charge in [0.15, 0.2) is 9.84 Å². The second-order valence-corrected chi connectivity index (χ2v) is 8.25. The molecule has 0 bridgehead atoms. The van der Waals surface area contributed by atoms with Gasteiger partial charge in [-0.25, -0.2) is 18.4 Å². The van der Waals surface area contributed by atoms with Crippen molar-refractivity contribution >= 4 is 21.7 Å². The molecule has 8 nitrogen and oxygen atoms in total. The summed E-state index contributed by atoms with van der Waals surface area (Å²) in [5.74, 6) is 0.285. The zero-order valence-electron chi connectivity index (χ0n) is 13.7. The molecule has 1 atom stereocenters. The van der Waals surface area contributed by atoms with E-state index in [-0.39, 0.29) is 29.1 Å². The topological polar surface area (TPSA) is 104 Å². The SMILES string of the molecule is Cc1cc(C(=O)NCCN(C)C)nc(NC2CCS(=O)(=O)C2)n1. The van der Waals surface area contributed by atoms with Crippen molar-refractivity contribution in [3.8, 4) is 0 Å². The number of hydrogen-bond acceptors (Lipinski definition) is 7. The number of aromatic nitrogens is 2. The lowest BCUT2D eigenvalue weighted by Gasteiger charge is -2.13. The van der Waals surface area contributed by atoms with Gasteiger partial charge in [0.25, 0.3) is 5.91 Å². The van der Waals surface area contributed by atoms with Crippen LogP contribution in [-0.2, 0) is 9.84 Å². The third-order valence-electron chi connectivity index (χ3n) is 3.50. The van der Waals surface area contributed by atoms with Crippen LogP contribution in [-0.4, -0.2) is 73.9 Å². The molecule has 9 heteroatoms. The average molecular weight is 341 g/mol. The molecule has 1 amide bonds. The van der Waals surface area contributed by atoms with E-state index in [0.29, 0.717) is 24.6 Å². The molecule has 0 spiro atoms. The maximum Gasteiger partial charge on any atom is 0.270 e. The molecule has 0 saturated carbocycles. The molecule has 0 radical (unpaired) electrons. The summed E-state index contributed by atoms with van der Waals surface area (Å²) < 4.78 is 23.0. The number of carbonyl (C=O) groups is 1. The molecular formula is C14H23N5O3S. The number of amides is 1. The molecular weight excluding hydrogens is 318 g/mol. The Kier molecular flexibility index (Phi) is 5.53. The summed E-state index contributed by atoms with van der Waals surface area (Å²) in [4.78, 5) is 22.5. The standard InChI is InChI=1S/C14H23N5O3S/c1-10-8-12(13(20)15-5-6-19(2)3)18-14(16-10)17-11-4-7-23(21,22)9-11/h8,11H,4-7,9H2,1-3H3,(H,15,20)(H,16,17,18). The van der Waals surface area contributed by atoms with Crippen LogP contribution in [0.25, 0.3) is 0 Å². The maximum absolute atomic E-state index is 12.1. The number of aryl methyl sites for hydroxylation is 1. The molecule has 1 unspecified atom stereocenters. The minimum Gasteiger partial charge on any atom is -0.350 e. The van der Waals surface area contributed by atoms with Crippen LogP contribution in [0.15, 0.2) is 6.07 Å². The van der Waals surface area contributed by atoms with Gasteiger partial charge in [-0.1, -0.05) is 0 Å². The van der Waals surface area contributed by atoms with E-state index in [9.17, 15) is 13.2 Å². The molecule has 0 aliphatic carbocycles. The third-order valence-corrected chi connectivity index (χ3v) is 5.27. The number of carbonyl (C=O) groups excluding carboxylic acids is 1. The van der Waals surface area contributed by atoms with Crippen LogP contribution in [0.3, 0.4) is 0 Å². The molecule has 2 N–H and O–H groups in total. The molecule has 128 valence electrons. The third kappa shape index (κ3) is 5.43. The quantitative estimate of drug-likeness (QED) is 0.730. The van der Waals surface area contributed by atoms with E-state index >= 15 is 0 Å². The summed E-state index contributed by atoms with van der Waals surface area (Å²) in [7, 11) is 0.884. The molecule has 1 fully saturated rings. The Labute approximate surface area is 136 Å². The minimum absolute atomic E-state index is 0.0780. The molecule has 0 aromatic carbocycles. The molecule has 2 rings (SSSR count). The number of sulfone groups is 1. The minimum atomic E-state index is -2.97. The Morgan fingerprint density at radius 2 is 2.13 bits per heavy atom. The van der Waals surface area contributed by atoms with Crippen molar-refractivity contribution in [2.75, 3.05) is 44.0 Å². The first-order valence-corrected chi connectivity index (χ1v) is 9.33. The van der Waals surface area contributed by atoms with Gasteiger partial charge in [0.2, 0.25) is 5.95 Å². The van der Waals surface area contributed by atoms with Gasteiger partial charge in [0, 0.05) is 24.8 Å². The van der Waals surface area contributed by atoms with Gasteiger partial charge in [-0.05, 0) is 33.5 Å². The van der Waals surface area contributed by atoms with Gasteiger partial charge in [0.05, 0.1) is 11.5 Å². The number of nitrogens with zero attached hydrogens (tertiary/aromatic N) is 3. The molecule has 1 aliphatic rings. The van der Waals surface area contributed by atoms with Crippen LogP contribution in [0.4, 0.5) is 5.95 Å². The van der Waals surface area contributed by atoms with E-state index in [0.717, 1.165) is 6.54 Å². The van der Waals surface area contributed by atoms with Gasteiger partial charge in [-0.3, -0.25) is 4.79 Å². The highest BCUT2D eigenvalue weighted by molar-refractivity contribution is 7.91.